The number of benzene rings is 1. The van der Waals surface area contributed by atoms with Crippen LogP contribution in [0, 0.1) is 41.3 Å². The molecule has 2 nitrogen and oxygen atoms in total. The van der Waals surface area contributed by atoms with E-state index in [1.807, 2.05) is 13.0 Å². The Morgan fingerprint density at radius 1 is 1.31 bits per heavy atom. The quantitative estimate of drug-likeness (QED) is 0.845. The van der Waals surface area contributed by atoms with Crippen LogP contribution in [0.4, 0.5) is 0 Å². The van der Waals surface area contributed by atoms with E-state index >= 15 is 0 Å². The van der Waals surface area contributed by atoms with Gasteiger partial charge in [0, 0.05) is 0 Å². The molecule has 0 aliphatic heterocycles. The summed E-state index contributed by atoms with van der Waals surface area (Å²) < 4.78 is 0. The first kappa shape index (κ1) is 17.1. The monoisotopic (exact) mass is 387 g/mol. The van der Waals surface area contributed by atoms with Gasteiger partial charge in [-0.25, -0.2) is 0 Å². The molecule has 1 atom stereocenters. The average Bonchev–Trinajstić information content (AvgIpc) is 2.22. The largest absolute Gasteiger partial charge is 3.00 e. The number of likely N-dealkylation sites (N-methyl/N-ethyl adjacent to an activating group) is 1. The van der Waals surface area contributed by atoms with Crippen molar-refractivity contribution in [1.82, 2.24) is 0 Å². The van der Waals surface area contributed by atoms with Crippen LogP contribution in [0.2, 0.25) is 10.0 Å². The predicted octanol–water partition coefficient (Wildman–Crippen LogP) is 3.25. The standard InChI is InChI=1S/C11H14Cl2NO.Pr/c1-11(7-15,6-14-2)8-3-4-9(12)10(13)5-8;/h3-5,15H,6-7H2,1-2H3;/q-1;+3. The van der Waals surface area contributed by atoms with Gasteiger partial charge in [-0.05, 0) is 23.1 Å². The summed E-state index contributed by atoms with van der Waals surface area (Å²) >= 11 is 11.8. The first-order valence-corrected chi connectivity index (χ1v) is 5.41. The van der Waals surface area contributed by atoms with Crippen molar-refractivity contribution >= 4 is 23.2 Å². The summed E-state index contributed by atoms with van der Waals surface area (Å²) in [6.07, 6.45) is 0. The first-order chi connectivity index (χ1) is 7.03. The molecule has 0 bridgehead atoms. The maximum atomic E-state index is 9.39. The fraction of sp³-hybridized carbons (Fsp3) is 0.455. The summed E-state index contributed by atoms with van der Waals surface area (Å²) in [4.78, 5) is 0. The van der Waals surface area contributed by atoms with Crippen molar-refractivity contribution in [2.75, 3.05) is 20.2 Å². The summed E-state index contributed by atoms with van der Waals surface area (Å²) in [5, 5.41) is 14.5. The molecule has 0 spiro atoms. The molecule has 0 aliphatic rings. The first-order valence-electron chi connectivity index (χ1n) is 4.65. The summed E-state index contributed by atoms with van der Waals surface area (Å²) in [5.74, 6) is 0. The van der Waals surface area contributed by atoms with E-state index < -0.39 is 0 Å². The molecule has 0 saturated carbocycles. The Morgan fingerprint density at radius 2 is 1.94 bits per heavy atom. The molecular formula is C11H14Cl2NOPr+2. The topological polar surface area (TPSA) is 34.3 Å². The number of rotatable bonds is 4. The molecule has 1 N–H and O–H groups in total. The van der Waals surface area contributed by atoms with Gasteiger partial charge in [0.15, 0.2) is 0 Å². The summed E-state index contributed by atoms with van der Waals surface area (Å²) in [6.45, 7) is 2.53. The maximum Gasteiger partial charge on any atom is 3.00 e. The minimum Gasteiger partial charge on any atom is -0.664 e. The molecule has 0 heterocycles. The SMILES string of the molecule is C[N-]CC(C)(CO)c1ccc(Cl)c(Cl)c1.[Pr+3]. The van der Waals surface area contributed by atoms with Crippen LogP contribution < -0.4 is 0 Å². The van der Waals surface area contributed by atoms with E-state index in [0.29, 0.717) is 16.6 Å². The Balaban J connectivity index is 0.00000225. The Bertz CT molecular complexity index is 349. The van der Waals surface area contributed by atoms with E-state index in [2.05, 4.69) is 5.32 Å². The third-order valence-corrected chi connectivity index (χ3v) is 3.21. The number of halogens is 2. The molecule has 1 aromatic rings. The zero-order chi connectivity index (χ0) is 11.5. The van der Waals surface area contributed by atoms with Gasteiger partial charge >= 0.3 is 41.3 Å². The van der Waals surface area contributed by atoms with E-state index in [0.717, 1.165) is 5.56 Å². The van der Waals surface area contributed by atoms with Crippen molar-refractivity contribution in [2.24, 2.45) is 0 Å². The van der Waals surface area contributed by atoms with Gasteiger partial charge in [0.2, 0.25) is 0 Å². The zero-order valence-electron chi connectivity index (χ0n) is 9.37. The Hall–Kier alpha value is 1.08. The van der Waals surface area contributed by atoms with E-state index in [-0.39, 0.29) is 53.3 Å². The van der Waals surface area contributed by atoms with Crippen molar-refractivity contribution in [3.8, 4) is 0 Å². The number of hydrogen-bond acceptors (Lipinski definition) is 1. The second-order valence-corrected chi connectivity index (χ2v) is 4.64. The van der Waals surface area contributed by atoms with Gasteiger partial charge in [-0.15, -0.1) is 6.54 Å². The third kappa shape index (κ3) is 4.08. The van der Waals surface area contributed by atoms with E-state index in [1.165, 1.54) is 0 Å². The summed E-state index contributed by atoms with van der Waals surface area (Å²) in [5.41, 5.74) is 0.563. The second kappa shape index (κ2) is 7.50. The fourth-order valence-corrected chi connectivity index (χ4v) is 1.75. The average molecular weight is 388 g/mol. The summed E-state index contributed by atoms with van der Waals surface area (Å²) in [6, 6.07) is 5.39. The number of hydrogen-bond donors (Lipinski definition) is 1. The summed E-state index contributed by atoms with van der Waals surface area (Å²) in [7, 11) is 1.73. The van der Waals surface area contributed by atoms with E-state index in [9.17, 15) is 5.11 Å². The zero-order valence-corrected chi connectivity index (χ0v) is 14.6. The molecule has 1 rings (SSSR count). The van der Waals surface area contributed by atoms with Crippen LogP contribution in [-0.4, -0.2) is 25.3 Å². The van der Waals surface area contributed by atoms with Crippen LogP contribution in [0.15, 0.2) is 18.2 Å². The Kier molecular flexibility index (Phi) is 8.01. The van der Waals surface area contributed by atoms with Crippen LogP contribution in [0.25, 0.3) is 5.32 Å². The smallest absolute Gasteiger partial charge is 0.664 e. The van der Waals surface area contributed by atoms with Crippen molar-refractivity contribution < 1.29 is 46.4 Å². The van der Waals surface area contributed by atoms with Gasteiger partial charge in [0.25, 0.3) is 0 Å². The molecule has 0 saturated heterocycles. The minimum absolute atomic E-state index is 0. The molecule has 0 fully saturated rings. The molecule has 1 unspecified atom stereocenters. The van der Waals surface area contributed by atoms with Gasteiger partial charge in [-0.2, -0.15) is 7.05 Å². The fourth-order valence-electron chi connectivity index (χ4n) is 1.45. The van der Waals surface area contributed by atoms with Crippen LogP contribution in [0.5, 0.6) is 0 Å². The number of aliphatic hydroxyl groups excluding tert-OH is 1. The molecule has 5 heteroatoms. The number of aliphatic hydroxyl groups is 1. The van der Waals surface area contributed by atoms with Gasteiger partial charge in [0.1, 0.15) is 0 Å². The molecule has 0 radical (unpaired) electrons. The van der Waals surface area contributed by atoms with Crippen LogP contribution in [-0.2, 0) is 5.41 Å². The van der Waals surface area contributed by atoms with E-state index in [4.69, 9.17) is 23.2 Å². The van der Waals surface area contributed by atoms with Crippen molar-refractivity contribution in [1.29, 1.82) is 0 Å². The molecule has 16 heavy (non-hydrogen) atoms. The van der Waals surface area contributed by atoms with Crippen molar-refractivity contribution in [3.63, 3.8) is 0 Å². The van der Waals surface area contributed by atoms with Gasteiger partial charge < -0.3 is 10.4 Å². The molecule has 1 aromatic carbocycles. The predicted molar refractivity (Wildman–Crippen MR) is 65.0 cm³/mol. The van der Waals surface area contributed by atoms with Gasteiger partial charge in [-0.1, -0.05) is 36.2 Å². The van der Waals surface area contributed by atoms with Gasteiger partial charge in [-0.3, -0.25) is 0 Å². The van der Waals surface area contributed by atoms with Crippen LogP contribution in [0.1, 0.15) is 12.5 Å². The molecule has 0 amide bonds. The normalized spacial score (nSPS) is 14.1. The Labute approximate surface area is 140 Å². The van der Waals surface area contributed by atoms with Crippen LogP contribution >= 0.6 is 23.2 Å². The van der Waals surface area contributed by atoms with Crippen molar-refractivity contribution in [3.05, 3.63) is 39.1 Å². The third-order valence-electron chi connectivity index (χ3n) is 2.47. The minimum atomic E-state index is -0.386. The molecular weight excluding hydrogens is 374 g/mol. The number of nitrogens with zero attached hydrogens (tertiary/aromatic N) is 1. The second-order valence-electron chi connectivity index (χ2n) is 3.82. The van der Waals surface area contributed by atoms with Crippen LogP contribution in [0.3, 0.4) is 0 Å². The Morgan fingerprint density at radius 3 is 2.38 bits per heavy atom. The molecule has 0 aromatic heterocycles. The maximum absolute atomic E-state index is 9.39. The molecule has 0 aliphatic carbocycles. The van der Waals surface area contributed by atoms with E-state index in [1.54, 1.807) is 19.2 Å². The molecule has 84 valence electrons. The van der Waals surface area contributed by atoms with Crippen molar-refractivity contribution in [2.45, 2.75) is 12.3 Å². The van der Waals surface area contributed by atoms with Gasteiger partial charge in [0.05, 0.1) is 16.7 Å².